The van der Waals surface area contributed by atoms with E-state index in [2.05, 4.69) is 46.2 Å². The van der Waals surface area contributed by atoms with Crippen molar-refractivity contribution in [3.63, 3.8) is 0 Å². The molecule has 0 amide bonds. The Morgan fingerprint density at radius 2 is 1.70 bits per heavy atom. The molecule has 0 saturated carbocycles. The topological polar surface area (TPSA) is 109 Å². The molecule has 0 bridgehead atoms. The maximum atomic E-state index is 4.53. The van der Waals surface area contributed by atoms with E-state index in [0.717, 1.165) is 55.8 Å². The molecule has 0 fully saturated rings. The lowest BCUT2D eigenvalue weighted by Gasteiger charge is -2.01. The standard InChI is InChI=1S/C22H14N8/c1-2-5-25-17(3-1)14-4-6-26-22-15(14)7-19(28-22)21-16-8-18(13-9-23-12-24-10-13)27-11-20(16)29-30-21/h1-12H,(H,26,28)(H,29,30). The van der Waals surface area contributed by atoms with Gasteiger partial charge in [0.15, 0.2) is 0 Å². The lowest BCUT2D eigenvalue weighted by Crippen LogP contribution is -1.86. The maximum Gasteiger partial charge on any atom is 0.138 e. The van der Waals surface area contributed by atoms with E-state index >= 15 is 0 Å². The van der Waals surface area contributed by atoms with Crippen LogP contribution in [0.4, 0.5) is 0 Å². The summed E-state index contributed by atoms with van der Waals surface area (Å²) in [6, 6.07) is 11.9. The Hall–Kier alpha value is -4.46. The summed E-state index contributed by atoms with van der Waals surface area (Å²) in [6.07, 6.45) is 10.3. The average Bonchev–Trinajstić information content (AvgIpc) is 3.43. The molecule has 8 nitrogen and oxygen atoms in total. The van der Waals surface area contributed by atoms with E-state index in [4.69, 9.17) is 0 Å². The van der Waals surface area contributed by atoms with Crippen molar-refractivity contribution in [2.75, 3.05) is 0 Å². The third kappa shape index (κ3) is 2.62. The van der Waals surface area contributed by atoms with Gasteiger partial charge in [-0.3, -0.25) is 15.1 Å². The van der Waals surface area contributed by atoms with Gasteiger partial charge in [0.25, 0.3) is 0 Å². The van der Waals surface area contributed by atoms with Crippen molar-refractivity contribution in [2.45, 2.75) is 0 Å². The number of hydrogen-bond acceptors (Lipinski definition) is 6. The molecule has 6 aromatic rings. The van der Waals surface area contributed by atoms with Crippen molar-refractivity contribution in [1.82, 2.24) is 40.1 Å². The fourth-order valence-electron chi connectivity index (χ4n) is 3.61. The largest absolute Gasteiger partial charge is 0.338 e. The van der Waals surface area contributed by atoms with Gasteiger partial charge in [0, 0.05) is 46.7 Å². The molecule has 0 atom stereocenters. The van der Waals surface area contributed by atoms with Crippen LogP contribution in [0.2, 0.25) is 0 Å². The Labute approximate surface area is 170 Å². The van der Waals surface area contributed by atoms with Gasteiger partial charge in [0.05, 0.1) is 28.8 Å². The molecule has 6 rings (SSSR count). The van der Waals surface area contributed by atoms with Crippen LogP contribution in [0.5, 0.6) is 0 Å². The second kappa shape index (κ2) is 6.56. The second-order valence-corrected chi connectivity index (χ2v) is 6.83. The molecule has 0 aliphatic carbocycles. The third-order valence-corrected chi connectivity index (χ3v) is 5.03. The summed E-state index contributed by atoms with van der Waals surface area (Å²) < 4.78 is 0. The van der Waals surface area contributed by atoms with Crippen molar-refractivity contribution >= 4 is 21.9 Å². The maximum absolute atomic E-state index is 4.53. The first kappa shape index (κ1) is 16.5. The quantitative estimate of drug-likeness (QED) is 0.472. The number of nitrogens with one attached hydrogen (secondary N) is 2. The van der Waals surface area contributed by atoms with Crippen molar-refractivity contribution in [3.8, 4) is 33.9 Å². The predicted octanol–water partition coefficient (Wildman–Crippen LogP) is 4.02. The molecule has 0 saturated heterocycles. The average molecular weight is 390 g/mol. The molecule has 0 aromatic carbocycles. The first-order valence-electron chi connectivity index (χ1n) is 9.36. The number of aromatic amines is 2. The molecule has 0 spiro atoms. The fourth-order valence-corrected chi connectivity index (χ4v) is 3.61. The summed E-state index contributed by atoms with van der Waals surface area (Å²) in [5, 5.41) is 9.53. The number of H-pyrrole nitrogens is 2. The van der Waals surface area contributed by atoms with Crippen molar-refractivity contribution < 1.29 is 0 Å². The van der Waals surface area contributed by atoms with Gasteiger partial charge in [-0.15, -0.1) is 0 Å². The normalized spacial score (nSPS) is 11.3. The summed E-state index contributed by atoms with van der Waals surface area (Å²) in [6.45, 7) is 0. The van der Waals surface area contributed by atoms with Gasteiger partial charge in [-0.2, -0.15) is 5.10 Å². The van der Waals surface area contributed by atoms with E-state index in [-0.39, 0.29) is 0 Å². The van der Waals surface area contributed by atoms with E-state index in [1.165, 1.54) is 6.33 Å². The van der Waals surface area contributed by atoms with Gasteiger partial charge < -0.3 is 4.98 Å². The summed E-state index contributed by atoms with van der Waals surface area (Å²) in [5.41, 5.74) is 6.86. The van der Waals surface area contributed by atoms with Crippen LogP contribution in [0, 0.1) is 0 Å². The number of aromatic nitrogens is 8. The van der Waals surface area contributed by atoms with Crippen LogP contribution < -0.4 is 0 Å². The zero-order valence-electron chi connectivity index (χ0n) is 15.6. The second-order valence-electron chi connectivity index (χ2n) is 6.83. The Kier molecular flexibility index (Phi) is 3.60. The zero-order chi connectivity index (χ0) is 19.9. The molecule has 2 N–H and O–H groups in total. The first-order valence-corrected chi connectivity index (χ1v) is 9.36. The first-order chi connectivity index (χ1) is 14.9. The van der Waals surface area contributed by atoms with Crippen molar-refractivity contribution in [1.29, 1.82) is 0 Å². The Morgan fingerprint density at radius 3 is 2.57 bits per heavy atom. The molecule has 0 radical (unpaired) electrons. The Morgan fingerprint density at radius 1 is 0.767 bits per heavy atom. The van der Waals surface area contributed by atoms with E-state index < -0.39 is 0 Å². The van der Waals surface area contributed by atoms with Gasteiger partial charge in [0.2, 0.25) is 0 Å². The highest BCUT2D eigenvalue weighted by molar-refractivity contribution is 5.99. The highest BCUT2D eigenvalue weighted by Gasteiger charge is 2.15. The molecule has 6 heterocycles. The van der Waals surface area contributed by atoms with Crippen molar-refractivity contribution in [2.24, 2.45) is 0 Å². The highest BCUT2D eigenvalue weighted by atomic mass is 15.1. The number of fused-ring (bicyclic) bond motifs is 2. The Balaban J connectivity index is 1.52. The molecule has 0 unspecified atom stereocenters. The minimum Gasteiger partial charge on any atom is -0.338 e. The molecule has 0 aliphatic heterocycles. The monoisotopic (exact) mass is 390 g/mol. The lowest BCUT2D eigenvalue weighted by molar-refractivity contribution is 1.11. The number of hydrogen-bond donors (Lipinski definition) is 2. The summed E-state index contributed by atoms with van der Waals surface area (Å²) in [4.78, 5) is 25.0. The molecular weight excluding hydrogens is 376 g/mol. The lowest BCUT2D eigenvalue weighted by atomic mass is 10.1. The number of nitrogens with zero attached hydrogens (tertiary/aromatic N) is 6. The third-order valence-electron chi connectivity index (χ3n) is 5.03. The van der Waals surface area contributed by atoms with Gasteiger partial charge in [-0.05, 0) is 30.3 Å². The van der Waals surface area contributed by atoms with Crippen LogP contribution in [0.3, 0.4) is 0 Å². The number of pyridine rings is 3. The zero-order valence-corrected chi connectivity index (χ0v) is 15.6. The van der Waals surface area contributed by atoms with Crippen LogP contribution >= 0.6 is 0 Å². The van der Waals surface area contributed by atoms with Gasteiger partial charge in [0.1, 0.15) is 17.7 Å². The summed E-state index contributed by atoms with van der Waals surface area (Å²) in [7, 11) is 0. The molecule has 8 heteroatoms. The van der Waals surface area contributed by atoms with Gasteiger partial charge in [-0.25, -0.2) is 15.0 Å². The fraction of sp³-hybridized carbons (Fsp3) is 0. The van der Waals surface area contributed by atoms with Crippen LogP contribution in [0.15, 0.2) is 73.7 Å². The Bertz CT molecular complexity index is 1490. The summed E-state index contributed by atoms with van der Waals surface area (Å²) >= 11 is 0. The van der Waals surface area contributed by atoms with Crippen LogP contribution in [0.25, 0.3) is 55.8 Å². The summed E-state index contributed by atoms with van der Waals surface area (Å²) in [5.74, 6) is 0. The van der Waals surface area contributed by atoms with Crippen LogP contribution in [0.1, 0.15) is 0 Å². The smallest absolute Gasteiger partial charge is 0.138 e. The highest BCUT2D eigenvalue weighted by Crippen LogP contribution is 2.33. The van der Waals surface area contributed by atoms with Gasteiger partial charge in [-0.1, -0.05) is 6.07 Å². The molecule has 30 heavy (non-hydrogen) atoms. The van der Waals surface area contributed by atoms with Crippen LogP contribution in [-0.2, 0) is 0 Å². The molecule has 142 valence electrons. The molecular formula is C22H14N8. The molecule has 6 aromatic heterocycles. The minimum atomic E-state index is 0.786. The minimum absolute atomic E-state index is 0.786. The predicted molar refractivity (Wildman–Crippen MR) is 113 cm³/mol. The van der Waals surface area contributed by atoms with E-state index in [1.807, 2.05) is 30.3 Å². The molecule has 0 aliphatic rings. The van der Waals surface area contributed by atoms with E-state index in [9.17, 15) is 0 Å². The van der Waals surface area contributed by atoms with Gasteiger partial charge >= 0.3 is 0 Å². The van der Waals surface area contributed by atoms with Crippen LogP contribution in [-0.4, -0.2) is 40.1 Å². The van der Waals surface area contributed by atoms with E-state index in [1.54, 1.807) is 31.0 Å². The SMILES string of the molecule is c1ccc(-c2ccnc3[nH]c(-c4n[nH]c5cnc(-c6cncnc6)cc45)cc23)nc1. The van der Waals surface area contributed by atoms with E-state index in [0.29, 0.717) is 0 Å². The van der Waals surface area contributed by atoms with Crippen molar-refractivity contribution in [3.05, 3.63) is 73.7 Å². The number of rotatable bonds is 3.